The Kier molecular flexibility index (Phi) is 7.34. The van der Waals surface area contributed by atoms with E-state index in [1.165, 1.54) is 22.9 Å². The van der Waals surface area contributed by atoms with E-state index in [4.69, 9.17) is 0 Å². The Balaban J connectivity index is 1.65. The van der Waals surface area contributed by atoms with Crippen LogP contribution in [0.25, 0.3) is 0 Å². The van der Waals surface area contributed by atoms with Gasteiger partial charge in [-0.2, -0.15) is 0 Å². The van der Waals surface area contributed by atoms with Crippen molar-refractivity contribution in [3.8, 4) is 0 Å². The van der Waals surface area contributed by atoms with Crippen LogP contribution in [0.2, 0.25) is 0 Å². The molecule has 0 aromatic heterocycles. The number of amides is 2. The molecule has 6 heteroatoms. The van der Waals surface area contributed by atoms with Crippen molar-refractivity contribution in [1.29, 1.82) is 0 Å². The minimum absolute atomic E-state index is 0.0279. The number of nitrogens with one attached hydrogen (secondary N) is 2. The number of halogens is 1. The van der Waals surface area contributed by atoms with E-state index in [0.29, 0.717) is 11.4 Å². The summed E-state index contributed by atoms with van der Waals surface area (Å²) < 4.78 is 0.944. The van der Waals surface area contributed by atoms with Crippen molar-refractivity contribution in [3.63, 3.8) is 0 Å². The molecule has 0 heterocycles. The second kappa shape index (κ2) is 9.49. The van der Waals surface area contributed by atoms with Crippen LogP contribution < -0.4 is 10.6 Å². The molecule has 0 aliphatic rings. The van der Waals surface area contributed by atoms with Crippen LogP contribution in [0, 0.1) is 6.92 Å². The monoisotopic (exact) mass is 406 g/mol. The Morgan fingerprint density at radius 3 is 2.54 bits per heavy atom. The molecule has 0 unspecified atom stereocenters. The maximum absolute atomic E-state index is 11.8. The number of aryl methyl sites for hydroxylation is 1. The van der Waals surface area contributed by atoms with Gasteiger partial charge in [0, 0.05) is 15.9 Å². The van der Waals surface area contributed by atoms with Gasteiger partial charge in [-0.25, -0.2) is 0 Å². The van der Waals surface area contributed by atoms with E-state index < -0.39 is 0 Å². The summed E-state index contributed by atoms with van der Waals surface area (Å²) in [4.78, 5) is 23.6. The van der Waals surface area contributed by atoms with Crippen molar-refractivity contribution in [2.75, 3.05) is 17.6 Å². The van der Waals surface area contributed by atoms with Gasteiger partial charge in [-0.05, 0) is 36.8 Å². The minimum Gasteiger partial charge on any atom is -0.346 e. The van der Waals surface area contributed by atoms with Gasteiger partial charge >= 0.3 is 0 Å². The lowest BCUT2D eigenvalue weighted by molar-refractivity contribution is -0.122. The number of carbonyl (C=O) groups is 2. The van der Waals surface area contributed by atoms with Gasteiger partial charge in [0.05, 0.1) is 12.3 Å². The smallest absolute Gasteiger partial charge is 0.243 e. The molecule has 0 aliphatic heterocycles. The third kappa shape index (κ3) is 6.76. The standard InChI is InChI=1S/C18H19BrN2O2S/c1-13-3-2-4-14(9-13)11-24-12-18(23)20-10-17(22)21-16-7-5-15(19)6-8-16/h2-9H,10-12H2,1H3,(H,20,23)(H,21,22). The van der Waals surface area contributed by atoms with E-state index in [0.717, 1.165) is 10.2 Å². The fourth-order valence-electron chi connectivity index (χ4n) is 2.03. The van der Waals surface area contributed by atoms with Crippen LogP contribution in [0.5, 0.6) is 0 Å². The number of hydrogen-bond donors (Lipinski definition) is 2. The largest absolute Gasteiger partial charge is 0.346 e. The van der Waals surface area contributed by atoms with E-state index in [1.807, 2.05) is 37.3 Å². The molecule has 0 saturated carbocycles. The summed E-state index contributed by atoms with van der Waals surface area (Å²) in [5.41, 5.74) is 3.11. The predicted molar refractivity (Wildman–Crippen MR) is 103 cm³/mol. The van der Waals surface area contributed by atoms with Crippen LogP contribution >= 0.6 is 27.7 Å². The first-order valence-electron chi connectivity index (χ1n) is 7.48. The second-order valence-electron chi connectivity index (χ2n) is 5.31. The third-order valence-corrected chi connectivity index (χ3v) is 4.69. The van der Waals surface area contributed by atoms with Crippen molar-refractivity contribution in [3.05, 3.63) is 64.1 Å². The highest BCUT2D eigenvalue weighted by Gasteiger charge is 2.06. The molecule has 0 saturated heterocycles. The Bertz CT molecular complexity index is 704. The summed E-state index contributed by atoms with van der Waals surface area (Å²) >= 11 is 4.87. The van der Waals surface area contributed by atoms with Crippen molar-refractivity contribution in [2.45, 2.75) is 12.7 Å². The van der Waals surface area contributed by atoms with Crippen LogP contribution in [0.15, 0.2) is 53.0 Å². The fourth-order valence-corrected chi connectivity index (χ4v) is 3.10. The fraction of sp³-hybridized carbons (Fsp3) is 0.222. The molecule has 0 atom stereocenters. The molecule has 0 radical (unpaired) electrons. The summed E-state index contributed by atoms with van der Waals surface area (Å²) in [5, 5.41) is 5.36. The Hall–Kier alpha value is -1.79. The maximum atomic E-state index is 11.8. The van der Waals surface area contributed by atoms with Gasteiger partial charge in [0.2, 0.25) is 11.8 Å². The van der Waals surface area contributed by atoms with Crippen LogP contribution in [0.3, 0.4) is 0 Å². The average Bonchev–Trinajstić information content (AvgIpc) is 2.55. The van der Waals surface area contributed by atoms with Gasteiger partial charge in [0.25, 0.3) is 0 Å². The third-order valence-electron chi connectivity index (χ3n) is 3.16. The SMILES string of the molecule is Cc1cccc(CSCC(=O)NCC(=O)Nc2ccc(Br)cc2)c1. The first-order chi connectivity index (χ1) is 11.5. The highest BCUT2D eigenvalue weighted by Crippen LogP contribution is 2.14. The molecule has 2 amide bonds. The molecule has 2 aromatic rings. The normalized spacial score (nSPS) is 10.2. The molecule has 2 aromatic carbocycles. The molecule has 0 aliphatic carbocycles. The summed E-state index contributed by atoms with van der Waals surface area (Å²) in [6.45, 7) is 2.02. The van der Waals surface area contributed by atoms with E-state index in [1.54, 1.807) is 12.1 Å². The van der Waals surface area contributed by atoms with E-state index in [2.05, 4.69) is 32.6 Å². The zero-order chi connectivity index (χ0) is 17.4. The molecule has 0 spiro atoms. The van der Waals surface area contributed by atoms with Crippen molar-refractivity contribution in [2.24, 2.45) is 0 Å². The second-order valence-corrected chi connectivity index (χ2v) is 7.21. The maximum Gasteiger partial charge on any atom is 0.243 e. The van der Waals surface area contributed by atoms with E-state index in [-0.39, 0.29) is 18.4 Å². The van der Waals surface area contributed by atoms with Gasteiger partial charge < -0.3 is 10.6 Å². The Morgan fingerprint density at radius 2 is 1.83 bits per heavy atom. The molecule has 0 bridgehead atoms. The summed E-state index contributed by atoms with van der Waals surface area (Å²) in [6, 6.07) is 15.5. The number of rotatable bonds is 7. The molecule has 24 heavy (non-hydrogen) atoms. The van der Waals surface area contributed by atoms with Crippen LogP contribution in [-0.4, -0.2) is 24.1 Å². The van der Waals surface area contributed by atoms with Crippen LogP contribution in [0.1, 0.15) is 11.1 Å². The molecule has 126 valence electrons. The summed E-state index contributed by atoms with van der Waals surface area (Å²) in [5.74, 6) is 0.729. The highest BCUT2D eigenvalue weighted by atomic mass is 79.9. The van der Waals surface area contributed by atoms with Crippen molar-refractivity contribution in [1.82, 2.24) is 5.32 Å². The quantitative estimate of drug-likeness (QED) is 0.735. The van der Waals surface area contributed by atoms with Gasteiger partial charge in [-0.1, -0.05) is 45.8 Å². The zero-order valence-electron chi connectivity index (χ0n) is 13.3. The summed E-state index contributed by atoms with van der Waals surface area (Å²) in [6.07, 6.45) is 0. The van der Waals surface area contributed by atoms with Gasteiger partial charge in [-0.3, -0.25) is 9.59 Å². The van der Waals surface area contributed by atoms with Gasteiger partial charge in [0.1, 0.15) is 0 Å². The van der Waals surface area contributed by atoms with E-state index in [9.17, 15) is 9.59 Å². The lowest BCUT2D eigenvalue weighted by Crippen LogP contribution is -2.33. The van der Waals surface area contributed by atoms with Gasteiger partial charge in [-0.15, -0.1) is 11.8 Å². The number of benzene rings is 2. The molecule has 2 N–H and O–H groups in total. The van der Waals surface area contributed by atoms with Crippen LogP contribution in [0.4, 0.5) is 5.69 Å². The number of anilines is 1. The molecular formula is C18H19BrN2O2S. The molecule has 0 fully saturated rings. The first kappa shape index (κ1) is 18.5. The zero-order valence-corrected chi connectivity index (χ0v) is 15.7. The lowest BCUT2D eigenvalue weighted by Gasteiger charge is -2.07. The topological polar surface area (TPSA) is 58.2 Å². The van der Waals surface area contributed by atoms with Crippen molar-refractivity contribution < 1.29 is 9.59 Å². The van der Waals surface area contributed by atoms with E-state index >= 15 is 0 Å². The lowest BCUT2D eigenvalue weighted by atomic mass is 10.2. The molecule has 2 rings (SSSR count). The van der Waals surface area contributed by atoms with Crippen LogP contribution in [-0.2, 0) is 15.3 Å². The Morgan fingerprint density at radius 1 is 1.08 bits per heavy atom. The first-order valence-corrected chi connectivity index (χ1v) is 9.43. The average molecular weight is 407 g/mol. The highest BCUT2D eigenvalue weighted by molar-refractivity contribution is 9.10. The molecular weight excluding hydrogens is 388 g/mol. The minimum atomic E-state index is -0.241. The molecule has 4 nitrogen and oxygen atoms in total. The Labute approximate surface area is 154 Å². The predicted octanol–water partition coefficient (Wildman–Crippen LogP) is 3.75. The number of carbonyl (C=O) groups excluding carboxylic acids is 2. The number of hydrogen-bond acceptors (Lipinski definition) is 3. The number of thioether (sulfide) groups is 1. The van der Waals surface area contributed by atoms with Crippen molar-refractivity contribution >= 4 is 45.2 Å². The summed E-state index contributed by atoms with van der Waals surface area (Å²) in [7, 11) is 0. The van der Waals surface area contributed by atoms with Gasteiger partial charge in [0.15, 0.2) is 0 Å².